The maximum absolute atomic E-state index is 13.9. The largest absolute Gasteiger partial charge is 0.334 e. The third-order valence-corrected chi connectivity index (χ3v) is 5.05. The van der Waals surface area contributed by atoms with Crippen LogP contribution in [0.3, 0.4) is 0 Å². The average molecular weight is 321 g/mol. The molecule has 0 radical (unpaired) electrons. The van der Waals surface area contributed by atoms with Crippen molar-refractivity contribution in [1.29, 1.82) is 0 Å². The van der Waals surface area contributed by atoms with E-state index in [9.17, 15) is 13.6 Å². The number of amides is 1. The van der Waals surface area contributed by atoms with Gasteiger partial charge in [-0.25, -0.2) is 14.2 Å². The summed E-state index contributed by atoms with van der Waals surface area (Å²) in [4.78, 5) is 14.6. The molecule has 124 valence electrons. The first-order chi connectivity index (χ1) is 11.1. The molecule has 4 rings (SSSR count). The number of carbonyl (C=O) groups excluding carboxylic acids is 1. The Balaban J connectivity index is 1.46. The molecule has 2 saturated carbocycles. The molecule has 1 saturated heterocycles. The van der Waals surface area contributed by atoms with Crippen LogP contribution in [0.1, 0.15) is 37.7 Å². The fourth-order valence-electron chi connectivity index (χ4n) is 3.36. The summed E-state index contributed by atoms with van der Waals surface area (Å²) in [5.74, 6) is -0.475. The lowest BCUT2D eigenvalue weighted by Crippen LogP contribution is -2.46. The number of nitrogens with one attached hydrogen (secondary N) is 2. The minimum atomic E-state index is -0.593. The Morgan fingerprint density at radius 2 is 1.96 bits per heavy atom. The molecule has 1 heterocycles. The molecular weight excluding hydrogens is 300 g/mol. The highest BCUT2D eigenvalue weighted by atomic mass is 19.1. The van der Waals surface area contributed by atoms with Crippen molar-refractivity contribution >= 4 is 5.91 Å². The molecule has 0 bridgehead atoms. The highest BCUT2D eigenvalue weighted by Gasteiger charge is 2.42. The molecule has 1 amide bonds. The Bertz CT molecular complexity index is 616. The molecule has 1 aromatic carbocycles. The monoisotopic (exact) mass is 321 g/mol. The maximum atomic E-state index is 13.9. The van der Waals surface area contributed by atoms with Crippen LogP contribution in [0.4, 0.5) is 8.78 Å². The number of carbonyl (C=O) groups is 1. The summed E-state index contributed by atoms with van der Waals surface area (Å²) in [6, 6.07) is 3.86. The second-order valence-electron chi connectivity index (χ2n) is 6.95. The van der Waals surface area contributed by atoms with Gasteiger partial charge in [-0.3, -0.25) is 10.2 Å². The molecule has 2 unspecified atom stereocenters. The number of halogens is 2. The van der Waals surface area contributed by atoms with Gasteiger partial charge in [0.1, 0.15) is 17.7 Å². The molecule has 4 nitrogen and oxygen atoms in total. The zero-order chi connectivity index (χ0) is 16.0. The van der Waals surface area contributed by atoms with E-state index in [2.05, 4.69) is 10.9 Å². The van der Waals surface area contributed by atoms with Crippen molar-refractivity contribution in [1.82, 2.24) is 15.8 Å². The summed E-state index contributed by atoms with van der Waals surface area (Å²) in [5.41, 5.74) is 6.70. The Morgan fingerprint density at radius 3 is 2.61 bits per heavy atom. The van der Waals surface area contributed by atoms with Crippen LogP contribution in [0.15, 0.2) is 18.2 Å². The van der Waals surface area contributed by atoms with Gasteiger partial charge < -0.3 is 4.90 Å². The first-order valence-corrected chi connectivity index (χ1v) is 8.37. The number of hydrazine groups is 1. The zero-order valence-electron chi connectivity index (χ0n) is 12.9. The second kappa shape index (κ2) is 5.83. The normalized spacial score (nSPS) is 27.2. The van der Waals surface area contributed by atoms with Crippen molar-refractivity contribution < 1.29 is 13.6 Å². The number of hydrogen-bond donors (Lipinski definition) is 2. The lowest BCUT2D eigenvalue weighted by Gasteiger charge is -2.25. The van der Waals surface area contributed by atoms with Gasteiger partial charge >= 0.3 is 0 Å². The van der Waals surface area contributed by atoms with Gasteiger partial charge in [-0.2, -0.15) is 0 Å². The standard InChI is InChI=1S/C17H21F2N3O/c18-12-4-3-11(14(19)7-12)9-22(13-5-6-13)17(23)16-8-15(20-21-16)10-1-2-10/h3-4,7,10,13,15-16,20-21H,1-2,5-6,8-9H2. The van der Waals surface area contributed by atoms with Crippen LogP contribution in [-0.2, 0) is 11.3 Å². The van der Waals surface area contributed by atoms with Gasteiger partial charge in [0.2, 0.25) is 5.91 Å². The maximum Gasteiger partial charge on any atom is 0.241 e. The van der Waals surface area contributed by atoms with Crippen LogP contribution in [0.2, 0.25) is 0 Å². The van der Waals surface area contributed by atoms with Gasteiger partial charge in [0.25, 0.3) is 0 Å². The quantitative estimate of drug-likeness (QED) is 0.873. The van der Waals surface area contributed by atoms with Gasteiger partial charge in [-0.1, -0.05) is 6.07 Å². The van der Waals surface area contributed by atoms with E-state index >= 15 is 0 Å². The molecule has 2 aliphatic carbocycles. The van der Waals surface area contributed by atoms with Crippen molar-refractivity contribution in [2.24, 2.45) is 5.92 Å². The van der Waals surface area contributed by atoms with Gasteiger partial charge in [0.05, 0.1) is 0 Å². The van der Waals surface area contributed by atoms with E-state index in [1.165, 1.54) is 25.0 Å². The summed E-state index contributed by atoms with van der Waals surface area (Å²) < 4.78 is 27.0. The summed E-state index contributed by atoms with van der Waals surface area (Å²) in [5, 5.41) is 0. The molecule has 1 aromatic rings. The molecule has 0 aromatic heterocycles. The van der Waals surface area contributed by atoms with Crippen LogP contribution >= 0.6 is 0 Å². The minimum absolute atomic E-state index is 0.0203. The smallest absolute Gasteiger partial charge is 0.241 e. The molecule has 3 fully saturated rings. The average Bonchev–Trinajstić information content (AvgIpc) is 3.45. The Hall–Kier alpha value is -1.53. The van der Waals surface area contributed by atoms with Gasteiger partial charge in [-0.05, 0) is 44.1 Å². The molecule has 3 aliphatic rings. The van der Waals surface area contributed by atoms with E-state index in [0.717, 1.165) is 25.3 Å². The second-order valence-corrected chi connectivity index (χ2v) is 6.95. The van der Waals surface area contributed by atoms with Crippen LogP contribution < -0.4 is 10.9 Å². The molecule has 0 spiro atoms. The van der Waals surface area contributed by atoms with Crippen molar-refractivity contribution in [2.75, 3.05) is 0 Å². The summed E-state index contributed by atoms with van der Waals surface area (Å²) in [7, 11) is 0. The van der Waals surface area contributed by atoms with Gasteiger partial charge in [-0.15, -0.1) is 0 Å². The molecule has 2 atom stereocenters. The fourth-order valence-corrected chi connectivity index (χ4v) is 3.36. The van der Waals surface area contributed by atoms with Crippen LogP contribution in [0.5, 0.6) is 0 Å². The van der Waals surface area contributed by atoms with Crippen molar-refractivity contribution in [3.8, 4) is 0 Å². The van der Waals surface area contributed by atoms with Gasteiger partial charge in [0, 0.05) is 30.3 Å². The van der Waals surface area contributed by atoms with Crippen LogP contribution in [-0.4, -0.2) is 28.9 Å². The van der Waals surface area contributed by atoms with Crippen molar-refractivity contribution in [3.05, 3.63) is 35.4 Å². The zero-order valence-corrected chi connectivity index (χ0v) is 12.9. The highest BCUT2D eigenvalue weighted by Crippen LogP contribution is 2.36. The first-order valence-electron chi connectivity index (χ1n) is 8.37. The van der Waals surface area contributed by atoms with Crippen molar-refractivity contribution in [2.45, 2.75) is 56.8 Å². The van der Waals surface area contributed by atoms with Crippen LogP contribution in [0.25, 0.3) is 0 Å². The van der Waals surface area contributed by atoms with E-state index in [1.54, 1.807) is 4.90 Å². The summed E-state index contributed by atoms with van der Waals surface area (Å²) >= 11 is 0. The molecule has 2 N–H and O–H groups in total. The van der Waals surface area contributed by atoms with Crippen LogP contribution in [0, 0.1) is 17.6 Å². The SMILES string of the molecule is O=C(C1CC(C2CC2)NN1)N(Cc1ccc(F)cc1F)C1CC1. The van der Waals surface area contributed by atoms with E-state index in [0.29, 0.717) is 17.5 Å². The van der Waals surface area contributed by atoms with E-state index < -0.39 is 11.6 Å². The Labute approximate surface area is 134 Å². The summed E-state index contributed by atoms with van der Waals surface area (Å²) in [6.45, 7) is 0.210. The Morgan fingerprint density at radius 1 is 1.17 bits per heavy atom. The Kier molecular flexibility index (Phi) is 3.81. The van der Waals surface area contributed by atoms with E-state index in [-0.39, 0.29) is 24.5 Å². The lowest BCUT2D eigenvalue weighted by atomic mass is 10.0. The third kappa shape index (κ3) is 3.23. The minimum Gasteiger partial charge on any atom is -0.334 e. The molecular formula is C17H21F2N3O. The predicted octanol–water partition coefficient (Wildman–Crippen LogP) is 2.10. The number of benzene rings is 1. The number of nitrogens with zero attached hydrogens (tertiary/aromatic N) is 1. The molecule has 6 heteroatoms. The number of rotatable bonds is 5. The molecule has 23 heavy (non-hydrogen) atoms. The fraction of sp³-hybridized carbons (Fsp3) is 0.588. The number of hydrogen-bond acceptors (Lipinski definition) is 3. The summed E-state index contributed by atoms with van der Waals surface area (Å²) in [6.07, 6.45) is 5.17. The molecule has 1 aliphatic heterocycles. The lowest BCUT2D eigenvalue weighted by molar-refractivity contribution is -0.134. The van der Waals surface area contributed by atoms with Crippen molar-refractivity contribution in [3.63, 3.8) is 0 Å². The topological polar surface area (TPSA) is 44.4 Å². The van der Waals surface area contributed by atoms with Gasteiger partial charge in [0.15, 0.2) is 0 Å². The third-order valence-electron chi connectivity index (χ3n) is 5.05. The van der Waals surface area contributed by atoms with E-state index in [1.807, 2.05) is 0 Å². The van der Waals surface area contributed by atoms with E-state index in [4.69, 9.17) is 0 Å². The first kappa shape index (κ1) is 15.0. The predicted molar refractivity (Wildman–Crippen MR) is 81.1 cm³/mol. The highest BCUT2D eigenvalue weighted by molar-refractivity contribution is 5.82.